The molecule has 0 spiro atoms. The van der Waals surface area contributed by atoms with Crippen LogP contribution in [-0.2, 0) is 0 Å². The summed E-state index contributed by atoms with van der Waals surface area (Å²) >= 11 is 0. The van der Waals surface area contributed by atoms with Crippen LogP contribution in [0.15, 0.2) is 18.3 Å². The van der Waals surface area contributed by atoms with Crippen LogP contribution in [0.3, 0.4) is 0 Å². The molecule has 2 nitrogen and oxygen atoms in total. The first-order valence-electron chi connectivity index (χ1n) is 6.88. The number of aromatic nitrogens is 1. The maximum atomic E-state index is 4.37. The standard InChI is InChI=1S/C15H26N2/c1-4-5-6-7-8-11-15(16-3)14-10-9-12-17-13(14)2/h9-10,12,15-16H,4-8,11H2,1-3H3. The van der Waals surface area contributed by atoms with Gasteiger partial charge < -0.3 is 5.32 Å². The van der Waals surface area contributed by atoms with E-state index in [1.807, 2.05) is 19.3 Å². The average Bonchev–Trinajstić information content (AvgIpc) is 2.35. The minimum atomic E-state index is 0.463. The second-order valence-electron chi connectivity index (χ2n) is 4.72. The molecule has 0 saturated heterocycles. The van der Waals surface area contributed by atoms with E-state index in [4.69, 9.17) is 0 Å². The normalized spacial score (nSPS) is 12.6. The van der Waals surface area contributed by atoms with Gasteiger partial charge in [-0.1, -0.05) is 45.1 Å². The molecule has 0 aromatic carbocycles. The maximum absolute atomic E-state index is 4.37. The molecule has 0 amide bonds. The van der Waals surface area contributed by atoms with Crippen molar-refractivity contribution in [1.29, 1.82) is 0 Å². The Labute approximate surface area is 106 Å². The summed E-state index contributed by atoms with van der Waals surface area (Å²) in [5, 5.41) is 3.41. The molecule has 1 aromatic rings. The quantitative estimate of drug-likeness (QED) is 0.687. The molecule has 1 rings (SSSR count). The summed E-state index contributed by atoms with van der Waals surface area (Å²) in [7, 11) is 2.04. The maximum Gasteiger partial charge on any atom is 0.0420 e. The Kier molecular flexibility index (Phi) is 6.87. The van der Waals surface area contributed by atoms with Crippen LogP contribution in [-0.4, -0.2) is 12.0 Å². The molecular formula is C15H26N2. The predicted molar refractivity (Wildman–Crippen MR) is 74.2 cm³/mol. The van der Waals surface area contributed by atoms with E-state index in [1.165, 1.54) is 44.1 Å². The first-order valence-corrected chi connectivity index (χ1v) is 6.88. The van der Waals surface area contributed by atoms with Gasteiger partial charge in [-0.15, -0.1) is 0 Å². The molecule has 0 bridgehead atoms. The highest BCUT2D eigenvalue weighted by atomic mass is 14.9. The average molecular weight is 234 g/mol. The molecule has 0 radical (unpaired) electrons. The van der Waals surface area contributed by atoms with Crippen molar-refractivity contribution in [1.82, 2.24) is 10.3 Å². The van der Waals surface area contributed by atoms with Crippen molar-refractivity contribution < 1.29 is 0 Å². The third-order valence-electron chi connectivity index (χ3n) is 3.37. The van der Waals surface area contributed by atoms with Gasteiger partial charge in [0.25, 0.3) is 0 Å². The van der Waals surface area contributed by atoms with E-state index in [0.29, 0.717) is 6.04 Å². The van der Waals surface area contributed by atoms with E-state index < -0.39 is 0 Å². The lowest BCUT2D eigenvalue weighted by atomic mass is 9.99. The van der Waals surface area contributed by atoms with Gasteiger partial charge in [0, 0.05) is 17.9 Å². The van der Waals surface area contributed by atoms with Crippen molar-refractivity contribution in [2.24, 2.45) is 0 Å². The van der Waals surface area contributed by atoms with Gasteiger partial charge in [0.2, 0.25) is 0 Å². The van der Waals surface area contributed by atoms with Crippen molar-refractivity contribution in [2.45, 2.75) is 58.4 Å². The van der Waals surface area contributed by atoms with E-state index in [9.17, 15) is 0 Å². The molecule has 1 atom stereocenters. The van der Waals surface area contributed by atoms with Crippen molar-refractivity contribution >= 4 is 0 Å². The molecule has 1 unspecified atom stereocenters. The number of hydrogen-bond acceptors (Lipinski definition) is 2. The Bertz CT molecular complexity index is 310. The second kappa shape index (κ2) is 8.24. The molecule has 0 fully saturated rings. The van der Waals surface area contributed by atoms with Crippen LogP contribution in [0.4, 0.5) is 0 Å². The van der Waals surface area contributed by atoms with Gasteiger partial charge in [-0.2, -0.15) is 0 Å². The Morgan fingerprint density at radius 1 is 1.24 bits per heavy atom. The zero-order chi connectivity index (χ0) is 12.5. The summed E-state index contributed by atoms with van der Waals surface area (Å²) in [6.45, 7) is 4.35. The SMILES string of the molecule is CCCCCCCC(NC)c1cccnc1C. The summed E-state index contributed by atoms with van der Waals surface area (Å²) in [4.78, 5) is 4.37. The number of aryl methyl sites for hydroxylation is 1. The zero-order valence-electron chi connectivity index (χ0n) is 11.5. The van der Waals surface area contributed by atoms with Crippen molar-refractivity contribution in [3.8, 4) is 0 Å². The van der Waals surface area contributed by atoms with Crippen molar-refractivity contribution in [3.63, 3.8) is 0 Å². The van der Waals surface area contributed by atoms with E-state index in [-0.39, 0.29) is 0 Å². The zero-order valence-corrected chi connectivity index (χ0v) is 11.5. The van der Waals surface area contributed by atoms with Gasteiger partial charge in [-0.25, -0.2) is 0 Å². The second-order valence-corrected chi connectivity index (χ2v) is 4.72. The molecule has 1 N–H and O–H groups in total. The minimum Gasteiger partial charge on any atom is -0.313 e. The lowest BCUT2D eigenvalue weighted by Crippen LogP contribution is -2.17. The predicted octanol–water partition coefficient (Wildman–Crippen LogP) is 4.01. The van der Waals surface area contributed by atoms with Crippen LogP contribution in [0.25, 0.3) is 0 Å². The summed E-state index contributed by atoms with van der Waals surface area (Å²) in [5.41, 5.74) is 2.51. The molecule has 0 aliphatic rings. The van der Waals surface area contributed by atoms with Gasteiger partial charge >= 0.3 is 0 Å². The molecule has 96 valence electrons. The third kappa shape index (κ3) is 4.86. The highest BCUT2D eigenvalue weighted by molar-refractivity contribution is 5.22. The largest absolute Gasteiger partial charge is 0.313 e. The summed E-state index contributed by atoms with van der Waals surface area (Å²) < 4.78 is 0. The van der Waals surface area contributed by atoms with Gasteiger partial charge in [0.1, 0.15) is 0 Å². The number of rotatable bonds is 8. The summed E-state index contributed by atoms with van der Waals surface area (Å²) in [6.07, 6.45) is 9.80. The van der Waals surface area contributed by atoms with E-state index in [2.05, 4.69) is 30.2 Å². The smallest absolute Gasteiger partial charge is 0.0420 e. The minimum absolute atomic E-state index is 0.463. The Morgan fingerprint density at radius 3 is 2.65 bits per heavy atom. The molecule has 2 heteroatoms. The van der Waals surface area contributed by atoms with Crippen LogP contribution in [0, 0.1) is 6.92 Å². The van der Waals surface area contributed by atoms with E-state index in [1.54, 1.807) is 0 Å². The van der Waals surface area contributed by atoms with Gasteiger partial charge in [0.15, 0.2) is 0 Å². The number of nitrogens with zero attached hydrogens (tertiary/aromatic N) is 1. The lowest BCUT2D eigenvalue weighted by Gasteiger charge is -2.18. The van der Waals surface area contributed by atoms with Gasteiger partial charge in [0.05, 0.1) is 0 Å². The first kappa shape index (κ1) is 14.2. The highest BCUT2D eigenvalue weighted by Gasteiger charge is 2.11. The topological polar surface area (TPSA) is 24.9 Å². The molecule has 0 saturated carbocycles. The molecule has 1 aromatic heterocycles. The number of unbranched alkanes of at least 4 members (excludes halogenated alkanes) is 4. The van der Waals surface area contributed by atoms with Crippen LogP contribution in [0.1, 0.15) is 62.7 Å². The van der Waals surface area contributed by atoms with Crippen LogP contribution in [0.2, 0.25) is 0 Å². The number of pyridine rings is 1. The monoisotopic (exact) mass is 234 g/mol. The fourth-order valence-electron chi connectivity index (χ4n) is 2.27. The van der Waals surface area contributed by atoms with Crippen molar-refractivity contribution in [3.05, 3.63) is 29.6 Å². The molecule has 0 aliphatic heterocycles. The summed E-state index contributed by atoms with van der Waals surface area (Å²) in [5.74, 6) is 0. The highest BCUT2D eigenvalue weighted by Crippen LogP contribution is 2.21. The Balaban J connectivity index is 2.41. The van der Waals surface area contributed by atoms with Gasteiger partial charge in [-0.05, 0) is 32.0 Å². The van der Waals surface area contributed by atoms with E-state index in [0.717, 1.165) is 5.69 Å². The number of nitrogens with one attached hydrogen (secondary N) is 1. The number of hydrogen-bond donors (Lipinski definition) is 1. The molecular weight excluding hydrogens is 208 g/mol. The third-order valence-corrected chi connectivity index (χ3v) is 3.37. The Morgan fingerprint density at radius 2 is 2.00 bits per heavy atom. The fourth-order valence-corrected chi connectivity index (χ4v) is 2.27. The van der Waals surface area contributed by atoms with Gasteiger partial charge in [-0.3, -0.25) is 4.98 Å². The van der Waals surface area contributed by atoms with Crippen LogP contribution >= 0.6 is 0 Å². The van der Waals surface area contributed by atoms with Crippen molar-refractivity contribution in [2.75, 3.05) is 7.05 Å². The lowest BCUT2D eigenvalue weighted by molar-refractivity contribution is 0.498. The van der Waals surface area contributed by atoms with Crippen LogP contribution in [0.5, 0.6) is 0 Å². The molecule has 1 heterocycles. The Hall–Kier alpha value is -0.890. The molecule has 0 aliphatic carbocycles. The van der Waals surface area contributed by atoms with Crippen LogP contribution < -0.4 is 5.32 Å². The van der Waals surface area contributed by atoms with E-state index >= 15 is 0 Å². The molecule has 17 heavy (non-hydrogen) atoms. The first-order chi connectivity index (χ1) is 8.29. The fraction of sp³-hybridized carbons (Fsp3) is 0.667. The summed E-state index contributed by atoms with van der Waals surface area (Å²) in [6, 6.07) is 4.68.